The minimum absolute atomic E-state index is 0.692. The van der Waals surface area contributed by atoms with Gasteiger partial charge in [0.2, 0.25) is 5.88 Å². The molecule has 0 aliphatic carbocycles. The number of aromatic nitrogens is 1. The molecule has 0 saturated carbocycles. The predicted octanol–water partition coefficient (Wildman–Crippen LogP) is 2.41. The largest absolute Gasteiger partial charge is 0.480 e. The smallest absolute Gasteiger partial charge is 0.230 e. The van der Waals surface area contributed by atoms with Gasteiger partial charge in [-0.15, -0.1) is 0 Å². The van der Waals surface area contributed by atoms with Crippen molar-refractivity contribution < 1.29 is 9.15 Å². The van der Waals surface area contributed by atoms with E-state index in [2.05, 4.69) is 10.3 Å². The summed E-state index contributed by atoms with van der Waals surface area (Å²) in [6.07, 6.45) is 0. The number of nitrogens with one attached hydrogen (secondary N) is 1. The second-order valence-corrected chi connectivity index (χ2v) is 5.50. The summed E-state index contributed by atoms with van der Waals surface area (Å²) < 4.78 is 10.8. The monoisotopic (exact) mass is 281 g/mol. The molecule has 0 aliphatic heterocycles. The number of hydrogen-bond acceptors (Lipinski definition) is 6. The molecule has 2 rings (SSSR count). The van der Waals surface area contributed by atoms with Crippen LogP contribution in [0, 0.1) is 6.92 Å². The van der Waals surface area contributed by atoms with Crippen molar-refractivity contribution in [1.29, 1.82) is 0 Å². The van der Waals surface area contributed by atoms with Crippen LogP contribution in [-0.2, 0) is 13.1 Å². The van der Waals surface area contributed by atoms with Crippen LogP contribution < -0.4 is 15.0 Å². The van der Waals surface area contributed by atoms with Gasteiger partial charge in [0.05, 0.1) is 18.5 Å². The van der Waals surface area contributed by atoms with Crippen LogP contribution in [0.15, 0.2) is 16.5 Å². The maximum absolute atomic E-state index is 5.51. The number of aryl methyl sites for hydroxylation is 1. The average molecular weight is 281 g/mol. The second-order valence-electron chi connectivity index (χ2n) is 4.44. The fourth-order valence-electron chi connectivity index (χ4n) is 1.67. The molecule has 6 heteroatoms. The van der Waals surface area contributed by atoms with E-state index in [1.165, 1.54) is 0 Å². The van der Waals surface area contributed by atoms with Crippen molar-refractivity contribution in [2.75, 3.05) is 26.1 Å². The van der Waals surface area contributed by atoms with Crippen molar-refractivity contribution in [3.05, 3.63) is 28.5 Å². The summed E-state index contributed by atoms with van der Waals surface area (Å²) in [5.41, 5.74) is 0. The third kappa shape index (κ3) is 3.48. The van der Waals surface area contributed by atoms with Crippen LogP contribution in [0.3, 0.4) is 0 Å². The molecule has 0 amide bonds. The number of nitrogens with zero attached hydrogens (tertiary/aromatic N) is 2. The molecule has 0 radical (unpaired) electrons. The first kappa shape index (κ1) is 13.9. The molecule has 5 nitrogen and oxygen atoms in total. The third-order valence-corrected chi connectivity index (χ3v) is 3.81. The summed E-state index contributed by atoms with van der Waals surface area (Å²) in [6.45, 7) is 3.36. The van der Waals surface area contributed by atoms with Gasteiger partial charge < -0.3 is 19.4 Å². The number of ether oxygens (including phenoxy) is 1. The zero-order chi connectivity index (χ0) is 13.8. The number of thiazole rings is 1. The van der Waals surface area contributed by atoms with Gasteiger partial charge in [0.1, 0.15) is 11.5 Å². The molecule has 0 saturated heterocycles. The molecule has 2 heterocycles. The van der Waals surface area contributed by atoms with Crippen LogP contribution in [0.1, 0.15) is 16.4 Å². The van der Waals surface area contributed by atoms with E-state index in [1.807, 2.05) is 38.1 Å². The summed E-state index contributed by atoms with van der Waals surface area (Å²) in [5, 5.41) is 4.28. The standard InChI is InChI=1S/C13H19N3O2S/c1-9-5-6-10(18-9)7-14-8-11-12(17-4)15-13(19-11)16(2)3/h5-6,14H,7-8H2,1-4H3. The average Bonchev–Trinajstić information content (AvgIpc) is 2.96. The number of hydrogen-bond donors (Lipinski definition) is 1. The first-order valence-electron chi connectivity index (χ1n) is 6.07. The summed E-state index contributed by atoms with van der Waals surface area (Å²) in [4.78, 5) is 7.49. The molecule has 0 fully saturated rings. The first-order valence-corrected chi connectivity index (χ1v) is 6.89. The molecule has 1 N–H and O–H groups in total. The highest BCUT2D eigenvalue weighted by atomic mass is 32.1. The Morgan fingerprint density at radius 1 is 1.37 bits per heavy atom. The molecule has 0 bridgehead atoms. The minimum atomic E-state index is 0.692. The van der Waals surface area contributed by atoms with E-state index in [4.69, 9.17) is 9.15 Å². The van der Waals surface area contributed by atoms with Crippen LogP contribution in [0.5, 0.6) is 5.88 Å². The summed E-state index contributed by atoms with van der Waals surface area (Å²) in [7, 11) is 5.59. The quantitative estimate of drug-likeness (QED) is 0.881. The van der Waals surface area contributed by atoms with Crippen LogP contribution >= 0.6 is 11.3 Å². The molecule has 2 aromatic heterocycles. The van der Waals surface area contributed by atoms with Crippen LogP contribution in [0.4, 0.5) is 5.13 Å². The van der Waals surface area contributed by atoms with E-state index < -0.39 is 0 Å². The van der Waals surface area contributed by atoms with Gasteiger partial charge in [-0.3, -0.25) is 0 Å². The van der Waals surface area contributed by atoms with Crippen molar-refractivity contribution in [3.8, 4) is 5.88 Å². The Labute approximate surface area is 117 Å². The lowest BCUT2D eigenvalue weighted by atomic mass is 10.4. The number of rotatable bonds is 6. The van der Waals surface area contributed by atoms with Crippen LogP contribution in [0.2, 0.25) is 0 Å². The van der Waals surface area contributed by atoms with Gasteiger partial charge in [0.25, 0.3) is 0 Å². The van der Waals surface area contributed by atoms with Gasteiger partial charge in [0, 0.05) is 20.6 Å². The van der Waals surface area contributed by atoms with E-state index in [-0.39, 0.29) is 0 Å². The van der Waals surface area contributed by atoms with Crippen LogP contribution in [0.25, 0.3) is 0 Å². The molecule has 0 spiro atoms. The zero-order valence-electron chi connectivity index (χ0n) is 11.7. The van der Waals surface area contributed by atoms with E-state index in [1.54, 1.807) is 18.4 Å². The number of anilines is 1. The lowest BCUT2D eigenvalue weighted by Gasteiger charge is -2.04. The normalized spacial score (nSPS) is 10.7. The molecule has 104 valence electrons. The van der Waals surface area contributed by atoms with Crippen molar-refractivity contribution in [2.45, 2.75) is 20.0 Å². The van der Waals surface area contributed by atoms with Gasteiger partial charge >= 0.3 is 0 Å². The molecular weight excluding hydrogens is 262 g/mol. The first-order chi connectivity index (χ1) is 9.10. The van der Waals surface area contributed by atoms with Crippen molar-refractivity contribution in [3.63, 3.8) is 0 Å². The molecule has 0 unspecified atom stereocenters. The maximum atomic E-state index is 5.51. The Kier molecular flexibility index (Phi) is 4.44. The fraction of sp³-hybridized carbons (Fsp3) is 0.462. The minimum Gasteiger partial charge on any atom is -0.480 e. The Bertz CT molecular complexity index is 534. The predicted molar refractivity (Wildman–Crippen MR) is 77.0 cm³/mol. The highest BCUT2D eigenvalue weighted by Gasteiger charge is 2.12. The van der Waals surface area contributed by atoms with Crippen molar-refractivity contribution >= 4 is 16.5 Å². The SMILES string of the molecule is COc1nc(N(C)C)sc1CNCc1ccc(C)o1. The Morgan fingerprint density at radius 3 is 2.74 bits per heavy atom. The topological polar surface area (TPSA) is 50.5 Å². The van der Waals surface area contributed by atoms with Gasteiger partial charge in [0.15, 0.2) is 5.13 Å². The van der Waals surface area contributed by atoms with Gasteiger partial charge in [-0.1, -0.05) is 11.3 Å². The molecule has 0 aliphatic rings. The highest BCUT2D eigenvalue weighted by Crippen LogP contribution is 2.30. The second kappa shape index (κ2) is 6.08. The van der Waals surface area contributed by atoms with E-state index in [0.29, 0.717) is 19.0 Å². The Hall–Kier alpha value is -1.53. The van der Waals surface area contributed by atoms with Gasteiger partial charge in [-0.2, -0.15) is 4.98 Å². The summed E-state index contributed by atoms with van der Waals surface area (Å²) in [5.74, 6) is 2.56. The lowest BCUT2D eigenvalue weighted by molar-refractivity contribution is 0.393. The Morgan fingerprint density at radius 2 is 2.16 bits per heavy atom. The zero-order valence-corrected chi connectivity index (χ0v) is 12.5. The maximum Gasteiger partial charge on any atom is 0.230 e. The molecule has 0 atom stereocenters. The Balaban J connectivity index is 1.95. The van der Waals surface area contributed by atoms with Crippen molar-refractivity contribution in [1.82, 2.24) is 10.3 Å². The number of furan rings is 1. The van der Waals surface area contributed by atoms with Gasteiger partial charge in [-0.05, 0) is 19.1 Å². The molecule has 19 heavy (non-hydrogen) atoms. The number of methoxy groups -OCH3 is 1. The van der Waals surface area contributed by atoms with Crippen molar-refractivity contribution in [2.24, 2.45) is 0 Å². The van der Waals surface area contributed by atoms with E-state index >= 15 is 0 Å². The third-order valence-electron chi connectivity index (χ3n) is 2.61. The summed E-state index contributed by atoms with van der Waals surface area (Å²) in [6, 6.07) is 3.95. The molecule has 2 aromatic rings. The highest BCUT2D eigenvalue weighted by molar-refractivity contribution is 7.15. The molecular formula is C13H19N3O2S. The van der Waals surface area contributed by atoms with Gasteiger partial charge in [-0.25, -0.2) is 0 Å². The van der Waals surface area contributed by atoms with E-state index in [0.717, 1.165) is 21.5 Å². The van der Waals surface area contributed by atoms with Crippen LogP contribution in [-0.4, -0.2) is 26.2 Å². The van der Waals surface area contributed by atoms with E-state index in [9.17, 15) is 0 Å². The fourth-order valence-corrected chi connectivity index (χ4v) is 2.59. The summed E-state index contributed by atoms with van der Waals surface area (Å²) >= 11 is 1.63. The lowest BCUT2D eigenvalue weighted by Crippen LogP contribution is -2.11. The molecule has 0 aromatic carbocycles.